The molecule has 1 aromatic heterocycles. The Morgan fingerprint density at radius 1 is 1.05 bits per heavy atom. The zero-order valence-electron chi connectivity index (χ0n) is 22.1. The summed E-state index contributed by atoms with van der Waals surface area (Å²) in [6.45, 7) is 5.14. The molecule has 3 rings (SSSR count). The van der Waals surface area contributed by atoms with Gasteiger partial charge in [0.25, 0.3) is 0 Å². The van der Waals surface area contributed by atoms with Crippen molar-refractivity contribution in [3.05, 3.63) is 66.4 Å². The highest BCUT2D eigenvalue weighted by molar-refractivity contribution is 7.89. The van der Waals surface area contributed by atoms with Crippen LogP contribution in [0.1, 0.15) is 32.8 Å². The topological polar surface area (TPSA) is 124 Å². The Morgan fingerprint density at radius 3 is 2.50 bits per heavy atom. The maximum atomic E-state index is 13.4. The molecule has 1 N–H and O–H groups in total. The number of hydrogen-bond donors (Lipinski definition) is 1. The molecule has 0 saturated heterocycles. The number of pyridine rings is 1. The summed E-state index contributed by atoms with van der Waals surface area (Å²) in [6.07, 6.45) is 1.74. The molecule has 0 bridgehead atoms. The monoisotopic (exact) mass is 543 g/mol. The van der Waals surface area contributed by atoms with E-state index in [0.29, 0.717) is 6.42 Å². The molecule has 0 spiro atoms. The van der Waals surface area contributed by atoms with E-state index in [4.69, 9.17) is 14.3 Å². The van der Waals surface area contributed by atoms with Crippen molar-refractivity contribution >= 4 is 32.8 Å². The van der Waals surface area contributed by atoms with Crippen LogP contribution in [0.4, 0.5) is 0 Å². The molecule has 0 fully saturated rings. The first-order chi connectivity index (χ1) is 17.9. The summed E-state index contributed by atoms with van der Waals surface area (Å²) in [5.41, 5.74) is 0.980. The molecule has 3 aromatic rings. The number of rotatable bonds is 11. The summed E-state index contributed by atoms with van der Waals surface area (Å²) in [5.74, 6) is -1.39. The molecule has 11 heteroatoms. The molecule has 1 amide bonds. The van der Waals surface area contributed by atoms with Crippen LogP contribution in [0.15, 0.2) is 65.7 Å². The van der Waals surface area contributed by atoms with Crippen LogP contribution in [0.25, 0.3) is 10.9 Å². The summed E-state index contributed by atoms with van der Waals surface area (Å²) in [6, 6.07) is 14.2. The molecule has 0 aliphatic heterocycles. The minimum atomic E-state index is -4.30. The molecular formula is C27H33N3O7S. The van der Waals surface area contributed by atoms with Crippen molar-refractivity contribution in [2.45, 2.75) is 50.2 Å². The predicted molar refractivity (Wildman–Crippen MR) is 142 cm³/mol. The number of benzene rings is 2. The van der Waals surface area contributed by atoms with E-state index in [1.54, 1.807) is 39.1 Å². The fourth-order valence-corrected chi connectivity index (χ4v) is 4.98. The first-order valence-corrected chi connectivity index (χ1v) is 13.5. The fourth-order valence-electron chi connectivity index (χ4n) is 3.65. The summed E-state index contributed by atoms with van der Waals surface area (Å²) in [4.78, 5) is 34.3. The standard InChI is InChI=1S/C27H33N3O7S/c1-27(2,3)37-26(32)22(18-25(31)30(4)35-5)29-38(33,34)24-14-7-6-13-23(24)36-17-15-19-10-8-12-21-20(19)11-9-16-28-21/h6-14,16,22,29H,15,17-18H2,1-5H3/t22-/m0/s1. The van der Waals surface area contributed by atoms with Crippen LogP contribution in [0.3, 0.4) is 0 Å². The van der Waals surface area contributed by atoms with E-state index in [0.717, 1.165) is 21.5 Å². The lowest BCUT2D eigenvalue weighted by atomic mass is 10.1. The molecule has 0 aliphatic rings. The molecule has 1 atom stereocenters. The van der Waals surface area contributed by atoms with Crippen molar-refractivity contribution in [2.75, 3.05) is 20.8 Å². The Labute approximate surface area is 222 Å². The number of esters is 1. The number of carbonyl (C=O) groups excluding carboxylic acids is 2. The molecular weight excluding hydrogens is 510 g/mol. The van der Waals surface area contributed by atoms with E-state index in [9.17, 15) is 18.0 Å². The van der Waals surface area contributed by atoms with Crippen LogP contribution < -0.4 is 9.46 Å². The van der Waals surface area contributed by atoms with Crippen LogP contribution in [-0.4, -0.2) is 62.7 Å². The van der Waals surface area contributed by atoms with E-state index in [-0.39, 0.29) is 17.3 Å². The number of nitrogens with one attached hydrogen (secondary N) is 1. The number of ether oxygens (including phenoxy) is 2. The van der Waals surface area contributed by atoms with E-state index in [1.165, 1.54) is 26.3 Å². The zero-order valence-corrected chi connectivity index (χ0v) is 22.9. The lowest BCUT2D eigenvalue weighted by Crippen LogP contribution is -2.46. The number of fused-ring (bicyclic) bond motifs is 1. The number of para-hydroxylation sites is 1. The highest BCUT2D eigenvalue weighted by atomic mass is 32.2. The van der Waals surface area contributed by atoms with Gasteiger partial charge in [-0.25, -0.2) is 13.5 Å². The molecule has 10 nitrogen and oxygen atoms in total. The minimum Gasteiger partial charge on any atom is -0.492 e. The first kappa shape index (κ1) is 29.0. The number of aromatic nitrogens is 1. The van der Waals surface area contributed by atoms with Crippen LogP contribution >= 0.6 is 0 Å². The summed E-state index contributed by atoms with van der Waals surface area (Å²) in [5, 5.41) is 1.90. The van der Waals surface area contributed by atoms with Crippen molar-refractivity contribution in [3.63, 3.8) is 0 Å². The van der Waals surface area contributed by atoms with E-state index < -0.39 is 40.0 Å². The van der Waals surface area contributed by atoms with Gasteiger partial charge in [0.2, 0.25) is 15.9 Å². The number of nitrogens with zero attached hydrogens (tertiary/aromatic N) is 2. The van der Waals surface area contributed by atoms with Crippen LogP contribution in [-0.2, 0) is 35.6 Å². The number of hydrogen-bond acceptors (Lipinski definition) is 8. The van der Waals surface area contributed by atoms with Gasteiger partial charge >= 0.3 is 5.97 Å². The largest absolute Gasteiger partial charge is 0.492 e. The van der Waals surface area contributed by atoms with Gasteiger partial charge in [-0.15, -0.1) is 0 Å². The first-order valence-electron chi connectivity index (χ1n) is 12.0. The summed E-state index contributed by atoms with van der Waals surface area (Å²) < 4.78 is 40.4. The number of carbonyl (C=O) groups is 2. The number of hydroxylamine groups is 2. The van der Waals surface area contributed by atoms with Crippen LogP contribution in [0.5, 0.6) is 5.75 Å². The van der Waals surface area contributed by atoms with Crippen molar-refractivity contribution in [1.82, 2.24) is 14.8 Å². The Kier molecular flexibility index (Phi) is 9.42. The highest BCUT2D eigenvalue weighted by Gasteiger charge is 2.33. The second-order valence-corrected chi connectivity index (χ2v) is 11.2. The fraction of sp³-hybridized carbons (Fsp3) is 0.370. The lowest BCUT2D eigenvalue weighted by Gasteiger charge is -2.25. The smallest absolute Gasteiger partial charge is 0.325 e. The third-order valence-electron chi connectivity index (χ3n) is 5.50. The second kappa shape index (κ2) is 12.3. The molecule has 1 heterocycles. The van der Waals surface area contributed by atoms with Gasteiger partial charge in [-0.3, -0.25) is 19.4 Å². The molecule has 0 radical (unpaired) electrons. The summed E-state index contributed by atoms with van der Waals surface area (Å²) in [7, 11) is -1.65. The predicted octanol–water partition coefficient (Wildman–Crippen LogP) is 3.25. The molecule has 204 valence electrons. The van der Waals surface area contributed by atoms with Gasteiger partial charge in [0.1, 0.15) is 22.3 Å². The van der Waals surface area contributed by atoms with E-state index in [2.05, 4.69) is 9.71 Å². The average molecular weight is 544 g/mol. The van der Waals surface area contributed by atoms with Crippen molar-refractivity contribution in [1.29, 1.82) is 0 Å². The SMILES string of the molecule is CON(C)C(=O)C[C@H](NS(=O)(=O)c1ccccc1OCCc1cccc2ncccc12)C(=O)OC(C)(C)C. The maximum absolute atomic E-state index is 13.4. The average Bonchev–Trinajstić information content (AvgIpc) is 2.87. The summed E-state index contributed by atoms with van der Waals surface area (Å²) >= 11 is 0. The van der Waals surface area contributed by atoms with Crippen LogP contribution in [0, 0.1) is 0 Å². The second-order valence-electron chi connectivity index (χ2n) is 9.52. The maximum Gasteiger partial charge on any atom is 0.325 e. The molecule has 38 heavy (non-hydrogen) atoms. The Balaban J connectivity index is 1.80. The molecule has 2 aromatic carbocycles. The third kappa shape index (κ3) is 7.73. The van der Waals surface area contributed by atoms with E-state index in [1.807, 2.05) is 30.3 Å². The van der Waals surface area contributed by atoms with Gasteiger partial charge in [0.15, 0.2) is 0 Å². The highest BCUT2D eigenvalue weighted by Crippen LogP contribution is 2.25. The molecule has 0 aliphatic carbocycles. The quantitative estimate of drug-likeness (QED) is 0.289. The van der Waals surface area contributed by atoms with Gasteiger partial charge in [0.05, 0.1) is 25.7 Å². The Hall–Kier alpha value is -3.54. The van der Waals surface area contributed by atoms with Crippen molar-refractivity contribution in [3.8, 4) is 5.75 Å². The lowest BCUT2D eigenvalue weighted by molar-refractivity contribution is -0.172. The third-order valence-corrected chi connectivity index (χ3v) is 7.01. The number of sulfonamides is 1. The molecule has 0 saturated carbocycles. The van der Waals surface area contributed by atoms with Crippen molar-refractivity contribution in [2.24, 2.45) is 0 Å². The van der Waals surface area contributed by atoms with Gasteiger partial charge in [0, 0.05) is 25.1 Å². The Morgan fingerprint density at radius 2 is 1.79 bits per heavy atom. The van der Waals surface area contributed by atoms with Crippen LogP contribution in [0.2, 0.25) is 0 Å². The minimum absolute atomic E-state index is 0.113. The Bertz CT molecular complexity index is 1380. The van der Waals surface area contributed by atoms with Gasteiger partial charge < -0.3 is 9.47 Å². The van der Waals surface area contributed by atoms with Crippen molar-refractivity contribution < 1.29 is 32.3 Å². The zero-order chi connectivity index (χ0) is 27.9. The van der Waals surface area contributed by atoms with Gasteiger partial charge in [-0.1, -0.05) is 30.3 Å². The van der Waals surface area contributed by atoms with Gasteiger partial charge in [-0.05, 0) is 50.6 Å². The normalized spacial score (nSPS) is 12.7. The molecule has 0 unspecified atom stereocenters. The van der Waals surface area contributed by atoms with Gasteiger partial charge in [-0.2, -0.15) is 4.72 Å². The van der Waals surface area contributed by atoms with E-state index >= 15 is 0 Å². The number of amides is 1.